The van der Waals surface area contributed by atoms with Crippen molar-refractivity contribution in [3.05, 3.63) is 60.4 Å². The Morgan fingerprint density at radius 1 is 1.00 bits per heavy atom. The average molecular weight is 324 g/mol. The van der Waals surface area contributed by atoms with E-state index in [4.69, 9.17) is 0 Å². The van der Waals surface area contributed by atoms with Crippen molar-refractivity contribution in [2.75, 3.05) is 37.6 Å². The molecule has 0 unspecified atom stereocenters. The largest absolute Gasteiger partial charge is 0.369 e. The maximum atomic E-state index is 12.0. The van der Waals surface area contributed by atoms with Crippen LogP contribution in [0, 0.1) is 0 Å². The Hall–Kier alpha value is -2.40. The third-order valence-corrected chi connectivity index (χ3v) is 4.34. The summed E-state index contributed by atoms with van der Waals surface area (Å²) in [5.74, 6) is 0.0890. The number of aromatic nitrogens is 1. The summed E-state index contributed by atoms with van der Waals surface area (Å²) in [4.78, 5) is 20.9. The zero-order valence-corrected chi connectivity index (χ0v) is 13.9. The highest BCUT2D eigenvalue weighted by Crippen LogP contribution is 2.15. The van der Waals surface area contributed by atoms with Gasteiger partial charge in [0.15, 0.2) is 0 Å². The molecule has 0 radical (unpaired) electrons. The number of benzene rings is 1. The molecule has 5 heteroatoms. The van der Waals surface area contributed by atoms with E-state index in [-0.39, 0.29) is 5.91 Å². The van der Waals surface area contributed by atoms with Crippen LogP contribution in [0.15, 0.2) is 54.7 Å². The number of nitrogens with one attached hydrogen (secondary N) is 1. The molecule has 0 bridgehead atoms. The number of anilines is 1. The van der Waals surface area contributed by atoms with Gasteiger partial charge >= 0.3 is 0 Å². The molecule has 0 aliphatic carbocycles. The van der Waals surface area contributed by atoms with Crippen LogP contribution in [0.1, 0.15) is 12.1 Å². The second-order valence-electron chi connectivity index (χ2n) is 6.01. The molecule has 126 valence electrons. The Labute approximate surface area is 143 Å². The topological polar surface area (TPSA) is 48.5 Å². The number of hydrogen-bond donors (Lipinski definition) is 1. The standard InChI is InChI=1S/C19H24N4O/c24-19(21-16-17-6-4-5-10-20-17)9-11-22-12-14-23(15-13-22)18-7-2-1-3-8-18/h1-8,10H,9,11-16H2,(H,21,24). The van der Waals surface area contributed by atoms with Crippen molar-refractivity contribution in [1.82, 2.24) is 15.2 Å². The molecule has 1 aromatic carbocycles. The number of pyridine rings is 1. The molecule has 0 saturated carbocycles. The minimum Gasteiger partial charge on any atom is -0.369 e. The van der Waals surface area contributed by atoms with Gasteiger partial charge in [-0.05, 0) is 24.3 Å². The highest BCUT2D eigenvalue weighted by Gasteiger charge is 2.17. The molecule has 1 saturated heterocycles. The number of rotatable bonds is 6. The van der Waals surface area contributed by atoms with Crippen LogP contribution in [0.5, 0.6) is 0 Å². The SMILES string of the molecule is O=C(CCN1CCN(c2ccccc2)CC1)NCc1ccccn1. The van der Waals surface area contributed by atoms with Gasteiger partial charge in [0.05, 0.1) is 12.2 Å². The third-order valence-electron chi connectivity index (χ3n) is 4.34. The summed E-state index contributed by atoms with van der Waals surface area (Å²) in [5, 5.41) is 2.93. The van der Waals surface area contributed by atoms with Gasteiger partial charge in [0, 0.05) is 51.0 Å². The van der Waals surface area contributed by atoms with Gasteiger partial charge in [0.1, 0.15) is 0 Å². The average Bonchev–Trinajstić information content (AvgIpc) is 2.67. The highest BCUT2D eigenvalue weighted by molar-refractivity contribution is 5.76. The van der Waals surface area contributed by atoms with Crippen LogP contribution in [0.3, 0.4) is 0 Å². The van der Waals surface area contributed by atoms with Crippen LogP contribution in [-0.2, 0) is 11.3 Å². The number of nitrogens with zero attached hydrogens (tertiary/aromatic N) is 3. The zero-order valence-electron chi connectivity index (χ0n) is 13.9. The molecule has 1 aliphatic heterocycles. The van der Waals surface area contributed by atoms with E-state index < -0.39 is 0 Å². The molecular weight excluding hydrogens is 300 g/mol. The van der Waals surface area contributed by atoms with Crippen LogP contribution in [0.25, 0.3) is 0 Å². The van der Waals surface area contributed by atoms with Crippen molar-refractivity contribution in [3.8, 4) is 0 Å². The summed E-state index contributed by atoms with van der Waals surface area (Å²) in [6.07, 6.45) is 2.28. The fourth-order valence-corrected chi connectivity index (χ4v) is 2.91. The summed E-state index contributed by atoms with van der Waals surface area (Å²) < 4.78 is 0. The second-order valence-corrected chi connectivity index (χ2v) is 6.01. The summed E-state index contributed by atoms with van der Waals surface area (Å²) in [6.45, 7) is 5.35. The van der Waals surface area contributed by atoms with Crippen LogP contribution in [0.2, 0.25) is 0 Å². The fraction of sp³-hybridized carbons (Fsp3) is 0.368. The van der Waals surface area contributed by atoms with Gasteiger partial charge in [-0.3, -0.25) is 14.7 Å². The van der Waals surface area contributed by atoms with Crippen molar-refractivity contribution >= 4 is 11.6 Å². The number of amides is 1. The lowest BCUT2D eigenvalue weighted by atomic mass is 10.2. The first kappa shape index (κ1) is 16.5. The van der Waals surface area contributed by atoms with Crippen LogP contribution in [-0.4, -0.2) is 48.5 Å². The predicted octanol–water partition coefficient (Wildman–Crippen LogP) is 1.91. The first-order valence-corrected chi connectivity index (χ1v) is 8.50. The molecule has 1 amide bonds. The first-order chi connectivity index (χ1) is 11.8. The molecule has 0 atom stereocenters. The predicted molar refractivity (Wildman–Crippen MR) is 95.8 cm³/mol. The zero-order chi connectivity index (χ0) is 16.6. The molecule has 1 aliphatic rings. The van der Waals surface area contributed by atoms with Gasteiger partial charge in [-0.15, -0.1) is 0 Å². The Balaban J connectivity index is 1.35. The smallest absolute Gasteiger partial charge is 0.221 e. The van der Waals surface area contributed by atoms with E-state index >= 15 is 0 Å². The maximum Gasteiger partial charge on any atom is 0.221 e. The van der Waals surface area contributed by atoms with E-state index in [0.717, 1.165) is 38.4 Å². The van der Waals surface area contributed by atoms with Crippen LogP contribution < -0.4 is 10.2 Å². The van der Waals surface area contributed by atoms with Gasteiger partial charge in [-0.25, -0.2) is 0 Å². The van der Waals surface area contributed by atoms with E-state index in [1.54, 1.807) is 6.20 Å². The van der Waals surface area contributed by atoms with Crippen LogP contribution in [0.4, 0.5) is 5.69 Å². The lowest BCUT2D eigenvalue weighted by Crippen LogP contribution is -2.47. The van der Waals surface area contributed by atoms with E-state index in [1.807, 2.05) is 24.3 Å². The Morgan fingerprint density at radius 2 is 1.75 bits per heavy atom. The molecule has 24 heavy (non-hydrogen) atoms. The monoisotopic (exact) mass is 324 g/mol. The molecule has 2 aromatic rings. The molecule has 1 N–H and O–H groups in total. The molecule has 3 rings (SSSR count). The van der Waals surface area contributed by atoms with Gasteiger partial charge in [-0.2, -0.15) is 0 Å². The third kappa shape index (κ3) is 4.80. The summed E-state index contributed by atoms with van der Waals surface area (Å²) in [7, 11) is 0. The summed E-state index contributed by atoms with van der Waals surface area (Å²) >= 11 is 0. The van der Waals surface area contributed by atoms with Gasteiger partial charge in [0.2, 0.25) is 5.91 Å². The lowest BCUT2D eigenvalue weighted by Gasteiger charge is -2.36. The summed E-state index contributed by atoms with van der Waals surface area (Å²) in [6, 6.07) is 16.2. The Kier molecular flexibility index (Phi) is 5.80. The molecule has 1 fully saturated rings. The number of piperazine rings is 1. The lowest BCUT2D eigenvalue weighted by molar-refractivity contribution is -0.121. The number of para-hydroxylation sites is 1. The summed E-state index contributed by atoms with van der Waals surface area (Å²) in [5.41, 5.74) is 2.17. The van der Waals surface area contributed by atoms with Gasteiger partial charge in [-0.1, -0.05) is 24.3 Å². The Morgan fingerprint density at radius 3 is 2.46 bits per heavy atom. The van der Waals surface area contributed by atoms with Crippen molar-refractivity contribution < 1.29 is 4.79 Å². The molecule has 2 heterocycles. The molecule has 0 spiro atoms. The van der Waals surface area contributed by atoms with E-state index in [0.29, 0.717) is 13.0 Å². The molecule has 1 aromatic heterocycles. The Bertz CT molecular complexity index is 624. The first-order valence-electron chi connectivity index (χ1n) is 8.50. The van der Waals surface area contributed by atoms with E-state index in [2.05, 4.69) is 44.4 Å². The molecular formula is C19H24N4O. The van der Waals surface area contributed by atoms with Crippen LogP contribution >= 0.6 is 0 Å². The quantitative estimate of drug-likeness (QED) is 0.882. The number of carbonyl (C=O) groups is 1. The van der Waals surface area contributed by atoms with Crippen molar-refractivity contribution in [1.29, 1.82) is 0 Å². The number of carbonyl (C=O) groups excluding carboxylic acids is 1. The van der Waals surface area contributed by atoms with Crippen molar-refractivity contribution in [2.45, 2.75) is 13.0 Å². The highest BCUT2D eigenvalue weighted by atomic mass is 16.1. The molecule has 5 nitrogen and oxygen atoms in total. The normalized spacial score (nSPS) is 15.2. The minimum absolute atomic E-state index is 0.0890. The van der Waals surface area contributed by atoms with Crippen molar-refractivity contribution in [3.63, 3.8) is 0 Å². The fourth-order valence-electron chi connectivity index (χ4n) is 2.91. The van der Waals surface area contributed by atoms with Crippen molar-refractivity contribution in [2.24, 2.45) is 0 Å². The van der Waals surface area contributed by atoms with E-state index in [9.17, 15) is 4.79 Å². The van der Waals surface area contributed by atoms with Gasteiger partial charge in [0.25, 0.3) is 0 Å². The van der Waals surface area contributed by atoms with Gasteiger partial charge < -0.3 is 10.2 Å². The minimum atomic E-state index is 0.0890. The second kappa shape index (κ2) is 8.45. The number of hydrogen-bond acceptors (Lipinski definition) is 4. The maximum absolute atomic E-state index is 12.0. The van der Waals surface area contributed by atoms with E-state index in [1.165, 1.54) is 5.69 Å².